The minimum absolute atomic E-state index is 0.221. The number of hydrogen-bond donors (Lipinski definition) is 1. The topological polar surface area (TPSA) is 74.4 Å². The fourth-order valence-corrected chi connectivity index (χ4v) is 1.52. The smallest absolute Gasteiger partial charge is 0.343 e. The van der Waals surface area contributed by atoms with Gasteiger partial charge in [0.25, 0.3) is 0 Å². The molecule has 0 aliphatic heterocycles. The van der Waals surface area contributed by atoms with E-state index in [9.17, 15) is 4.79 Å². The largest absolute Gasteiger partial charge is 0.477 e. The molecule has 0 atom stereocenters. The highest BCUT2D eigenvalue weighted by molar-refractivity contribution is 14.1. The average Bonchev–Trinajstić information content (AvgIpc) is 2.23. The summed E-state index contributed by atoms with van der Waals surface area (Å²) in [6.07, 6.45) is 0. The molecule has 0 fully saturated rings. The normalized spacial score (nSPS) is 9.94. The summed E-state index contributed by atoms with van der Waals surface area (Å²) in [5.41, 5.74) is 5.95. The van der Waals surface area contributed by atoms with Crippen LogP contribution < -0.4 is 10.5 Å². The second-order valence-corrected chi connectivity index (χ2v) is 4.02. The Morgan fingerprint density at radius 3 is 2.75 bits per heavy atom. The van der Waals surface area contributed by atoms with E-state index < -0.39 is 5.97 Å². The molecule has 1 heterocycles. The lowest BCUT2D eigenvalue weighted by Gasteiger charge is -2.10. The van der Waals surface area contributed by atoms with Crippen LogP contribution in [-0.4, -0.2) is 24.2 Å². The highest BCUT2D eigenvalue weighted by Gasteiger charge is 2.17. The molecule has 0 aliphatic carbocycles. The first-order valence-corrected chi connectivity index (χ1v) is 5.93. The minimum Gasteiger partial charge on any atom is -0.477 e. The van der Waals surface area contributed by atoms with E-state index in [1.807, 2.05) is 29.5 Å². The summed E-state index contributed by atoms with van der Waals surface area (Å²) in [5.74, 6) is 0.118. The van der Waals surface area contributed by atoms with E-state index in [1.165, 1.54) is 0 Å². The van der Waals surface area contributed by atoms with Crippen LogP contribution in [0.3, 0.4) is 0 Å². The van der Waals surface area contributed by atoms with Crippen molar-refractivity contribution in [3.63, 3.8) is 0 Å². The number of esters is 1. The number of aromatic nitrogens is 1. The minimum atomic E-state index is -0.448. The number of nitrogen functional groups attached to an aromatic ring is 1. The summed E-state index contributed by atoms with van der Waals surface area (Å²) in [6, 6.07) is 1.62. The van der Waals surface area contributed by atoms with Gasteiger partial charge in [-0.05, 0) is 42.5 Å². The number of carbonyl (C=O) groups is 1. The number of ether oxygens (including phenoxy) is 2. The third-order valence-corrected chi connectivity index (χ3v) is 2.61. The molecular formula is C10H13IN2O3. The molecule has 1 aromatic heterocycles. The quantitative estimate of drug-likeness (QED) is 0.671. The Bertz CT molecular complexity index is 396. The van der Waals surface area contributed by atoms with Gasteiger partial charge in [0.15, 0.2) is 0 Å². The van der Waals surface area contributed by atoms with Gasteiger partial charge in [-0.15, -0.1) is 0 Å². The van der Waals surface area contributed by atoms with Gasteiger partial charge in [0.1, 0.15) is 11.4 Å². The summed E-state index contributed by atoms with van der Waals surface area (Å²) in [6.45, 7) is 4.28. The molecule has 1 rings (SSSR count). The van der Waals surface area contributed by atoms with Crippen LogP contribution in [0.4, 0.5) is 5.82 Å². The Hall–Kier alpha value is -1.05. The maximum atomic E-state index is 11.6. The third-order valence-electron chi connectivity index (χ3n) is 1.74. The Kier molecular flexibility index (Phi) is 4.78. The summed E-state index contributed by atoms with van der Waals surface area (Å²) < 4.78 is 10.8. The van der Waals surface area contributed by atoms with Crippen LogP contribution in [0.2, 0.25) is 0 Å². The Labute approximate surface area is 107 Å². The van der Waals surface area contributed by atoms with Gasteiger partial charge in [0.2, 0.25) is 5.88 Å². The zero-order chi connectivity index (χ0) is 12.1. The molecule has 0 aliphatic rings. The van der Waals surface area contributed by atoms with Crippen LogP contribution in [0.15, 0.2) is 6.07 Å². The zero-order valence-electron chi connectivity index (χ0n) is 9.12. The summed E-state index contributed by atoms with van der Waals surface area (Å²) in [4.78, 5) is 15.6. The lowest BCUT2D eigenvalue weighted by molar-refractivity contribution is 0.0521. The Morgan fingerprint density at radius 2 is 2.19 bits per heavy atom. The maximum absolute atomic E-state index is 11.6. The first kappa shape index (κ1) is 13.0. The molecule has 0 bridgehead atoms. The van der Waals surface area contributed by atoms with Crippen molar-refractivity contribution in [1.29, 1.82) is 0 Å². The average molecular weight is 336 g/mol. The van der Waals surface area contributed by atoms with Crippen molar-refractivity contribution in [2.45, 2.75) is 13.8 Å². The van der Waals surface area contributed by atoms with E-state index >= 15 is 0 Å². The Morgan fingerprint density at radius 1 is 1.50 bits per heavy atom. The van der Waals surface area contributed by atoms with Crippen LogP contribution >= 0.6 is 22.6 Å². The van der Waals surface area contributed by atoms with Crippen molar-refractivity contribution in [2.75, 3.05) is 18.9 Å². The van der Waals surface area contributed by atoms with Gasteiger partial charge in [-0.25, -0.2) is 4.79 Å². The molecule has 16 heavy (non-hydrogen) atoms. The van der Waals surface area contributed by atoms with E-state index in [0.717, 1.165) is 0 Å². The van der Waals surface area contributed by atoms with E-state index in [2.05, 4.69) is 4.98 Å². The molecule has 0 saturated heterocycles. The molecule has 0 aromatic carbocycles. The number of nitrogens with two attached hydrogens (primary N) is 1. The van der Waals surface area contributed by atoms with Gasteiger partial charge in [0, 0.05) is 0 Å². The monoisotopic (exact) mass is 336 g/mol. The highest BCUT2D eigenvalue weighted by Crippen LogP contribution is 2.23. The van der Waals surface area contributed by atoms with Crippen molar-refractivity contribution < 1.29 is 14.3 Å². The van der Waals surface area contributed by atoms with E-state index in [4.69, 9.17) is 15.2 Å². The molecule has 0 spiro atoms. The van der Waals surface area contributed by atoms with Gasteiger partial charge in [-0.1, -0.05) is 0 Å². The predicted molar refractivity (Wildman–Crippen MR) is 68.5 cm³/mol. The fraction of sp³-hybridized carbons (Fsp3) is 0.400. The van der Waals surface area contributed by atoms with Gasteiger partial charge in [-0.2, -0.15) is 4.98 Å². The van der Waals surface area contributed by atoms with Crippen molar-refractivity contribution in [2.24, 2.45) is 0 Å². The summed E-state index contributed by atoms with van der Waals surface area (Å²) >= 11 is 2.01. The van der Waals surface area contributed by atoms with E-state index in [-0.39, 0.29) is 5.88 Å². The predicted octanol–water partition coefficient (Wildman–Crippen LogP) is 1.84. The number of pyridine rings is 1. The number of hydrogen-bond acceptors (Lipinski definition) is 5. The summed E-state index contributed by atoms with van der Waals surface area (Å²) in [7, 11) is 0. The van der Waals surface area contributed by atoms with Crippen LogP contribution in [0.25, 0.3) is 0 Å². The third kappa shape index (κ3) is 2.97. The lowest BCUT2D eigenvalue weighted by Crippen LogP contribution is -2.11. The highest BCUT2D eigenvalue weighted by atomic mass is 127. The molecule has 88 valence electrons. The van der Waals surface area contributed by atoms with Gasteiger partial charge in [-0.3, -0.25) is 0 Å². The number of anilines is 1. The SMILES string of the molecule is CCOC(=O)c1cc(I)c(N)nc1OCC. The molecule has 5 nitrogen and oxygen atoms in total. The maximum Gasteiger partial charge on any atom is 0.343 e. The molecule has 0 amide bonds. The number of halogens is 1. The Balaban J connectivity index is 3.13. The van der Waals surface area contributed by atoms with Gasteiger partial charge in [0.05, 0.1) is 16.8 Å². The van der Waals surface area contributed by atoms with Crippen LogP contribution in [0, 0.1) is 3.57 Å². The van der Waals surface area contributed by atoms with Crippen molar-refractivity contribution in [3.05, 3.63) is 15.2 Å². The zero-order valence-corrected chi connectivity index (χ0v) is 11.3. The number of carbonyl (C=O) groups excluding carboxylic acids is 1. The van der Waals surface area contributed by atoms with Crippen LogP contribution in [0.5, 0.6) is 5.88 Å². The molecule has 0 unspecified atom stereocenters. The fourth-order valence-electron chi connectivity index (χ4n) is 1.09. The van der Waals surface area contributed by atoms with Crippen molar-refractivity contribution in [3.8, 4) is 5.88 Å². The molecule has 1 aromatic rings. The first-order chi connectivity index (χ1) is 7.60. The second-order valence-electron chi connectivity index (χ2n) is 2.86. The first-order valence-electron chi connectivity index (χ1n) is 4.86. The lowest BCUT2D eigenvalue weighted by atomic mass is 10.2. The van der Waals surface area contributed by atoms with Gasteiger partial charge >= 0.3 is 5.97 Å². The van der Waals surface area contributed by atoms with Crippen LogP contribution in [-0.2, 0) is 4.74 Å². The molecule has 2 N–H and O–H groups in total. The van der Waals surface area contributed by atoms with E-state index in [0.29, 0.717) is 28.2 Å². The van der Waals surface area contributed by atoms with Crippen molar-refractivity contribution >= 4 is 34.4 Å². The van der Waals surface area contributed by atoms with E-state index in [1.54, 1.807) is 13.0 Å². The second kappa shape index (κ2) is 5.88. The van der Waals surface area contributed by atoms with Crippen molar-refractivity contribution in [1.82, 2.24) is 4.98 Å². The molecule has 0 saturated carbocycles. The van der Waals surface area contributed by atoms with Gasteiger partial charge < -0.3 is 15.2 Å². The van der Waals surface area contributed by atoms with Crippen LogP contribution in [0.1, 0.15) is 24.2 Å². The molecule has 0 radical (unpaired) electrons. The summed E-state index contributed by atoms with van der Waals surface area (Å²) in [5, 5.41) is 0. The molecular weight excluding hydrogens is 323 g/mol. The number of nitrogens with zero attached hydrogens (tertiary/aromatic N) is 1. The number of rotatable bonds is 4. The standard InChI is InChI=1S/C10H13IN2O3/c1-3-15-9-6(10(14)16-4-2)5-7(11)8(12)13-9/h5H,3-4H2,1-2H3,(H2,12,13). The molecule has 6 heteroatoms.